The zero-order valence-corrected chi connectivity index (χ0v) is 9.08. The van der Waals surface area contributed by atoms with Gasteiger partial charge in [0.25, 0.3) is 0 Å². The molecule has 3 nitrogen and oxygen atoms in total. The summed E-state index contributed by atoms with van der Waals surface area (Å²) in [6, 6.07) is 16.7. The Balaban J connectivity index is 0.00000162. The molecule has 0 unspecified atom stereocenters. The third-order valence-corrected chi connectivity index (χ3v) is 2.69. The molecule has 92 valence electrons. The van der Waals surface area contributed by atoms with Crippen LogP contribution in [0.5, 0.6) is 0 Å². The molecule has 0 spiro atoms. The van der Waals surface area contributed by atoms with E-state index in [1.807, 2.05) is 0 Å². The molecule has 0 heterocycles. The van der Waals surface area contributed by atoms with E-state index in [1.54, 1.807) is 60.7 Å². The van der Waals surface area contributed by atoms with Gasteiger partial charge in [0.2, 0.25) is 5.60 Å². The summed E-state index contributed by atoms with van der Waals surface area (Å²) in [6.45, 7) is 0. The molecular weight excluding hydrogens is 243 g/mol. The van der Waals surface area contributed by atoms with Crippen molar-refractivity contribution in [2.24, 2.45) is 0 Å². The molecule has 2 aromatic carbocycles. The SMILES string of the molecule is O=C(O)C(O)(c1ccccc1)c1ccccc1.[AlH3]. The van der Waals surface area contributed by atoms with Crippen molar-refractivity contribution < 1.29 is 15.0 Å². The monoisotopic (exact) mass is 258 g/mol. The van der Waals surface area contributed by atoms with Crippen LogP contribution in [0.15, 0.2) is 60.7 Å². The summed E-state index contributed by atoms with van der Waals surface area (Å²) in [5.41, 5.74) is -1.31. The minimum absolute atomic E-state index is 0. The molecule has 2 rings (SSSR count). The van der Waals surface area contributed by atoms with Gasteiger partial charge in [0.15, 0.2) is 17.4 Å². The molecule has 0 aliphatic carbocycles. The lowest BCUT2D eigenvalue weighted by Crippen LogP contribution is -2.36. The van der Waals surface area contributed by atoms with Crippen molar-refractivity contribution in [1.82, 2.24) is 0 Å². The number of carbonyl (C=O) groups is 1. The standard InChI is InChI=1S/C14H12O3.Al.3H/c15-13(16)14(17,11-7-3-1-4-8-11)12-9-5-2-6-10-12;;;;/h1-10,17H,(H,15,16);;;;. The Morgan fingerprint density at radius 3 is 1.44 bits per heavy atom. The summed E-state index contributed by atoms with van der Waals surface area (Å²) < 4.78 is 0. The molecule has 0 aromatic heterocycles. The maximum atomic E-state index is 11.4. The Kier molecular flexibility index (Phi) is 4.69. The van der Waals surface area contributed by atoms with E-state index in [0.29, 0.717) is 11.1 Å². The number of aliphatic hydroxyl groups is 1. The molecule has 2 aromatic rings. The summed E-state index contributed by atoms with van der Waals surface area (Å²) in [5.74, 6) is -1.28. The first-order chi connectivity index (χ1) is 8.15. The molecule has 0 radical (unpaired) electrons. The third kappa shape index (κ3) is 2.46. The van der Waals surface area contributed by atoms with E-state index >= 15 is 0 Å². The first-order valence-electron chi connectivity index (χ1n) is 5.22. The highest BCUT2D eigenvalue weighted by molar-refractivity contribution is 5.83. The van der Waals surface area contributed by atoms with Gasteiger partial charge < -0.3 is 10.2 Å². The average Bonchev–Trinajstić information content (AvgIpc) is 2.39. The van der Waals surface area contributed by atoms with Crippen molar-refractivity contribution in [1.29, 1.82) is 0 Å². The van der Waals surface area contributed by atoms with Crippen LogP contribution in [-0.2, 0) is 10.4 Å². The fraction of sp³-hybridized carbons (Fsp3) is 0.0714. The van der Waals surface area contributed by atoms with Crippen LogP contribution < -0.4 is 0 Å². The van der Waals surface area contributed by atoms with Crippen LogP contribution in [0.3, 0.4) is 0 Å². The third-order valence-electron chi connectivity index (χ3n) is 2.69. The van der Waals surface area contributed by atoms with Crippen LogP contribution in [-0.4, -0.2) is 33.5 Å². The van der Waals surface area contributed by atoms with Gasteiger partial charge in [-0.3, -0.25) is 0 Å². The van der Waals surface area contributed by atoms with Gasteiger partial charge in [-0.15, -0.1) is 0 Å². The Labute approximate surface area is 116 Å². The lowest BCUT2D eigenvalue weighted by atomic mass is 9.86. The number of aliphatic carboxylic acids is 1. The fourth-order valence-electron chi connectivity index (χ4n) is 1.77. The maximum absolute atomic E-state index is 11.4. The second-order valence-electron chi connectivity index (χ2n) is 3.75. The Morgan fingerprint density at radius 2 is 1.17 bits per heavy atom. The Morgan fingerprint density at radius 1 is 0.833 bits per heavy atom. The number of hydrogen-bond donors (Lipinski definition) is 2. The zero-order valence-electron chi connectivity index (χ0n) is 9.08. The summed E-state index contributed by atoms with van der Waals surface area (Å²) in [6.07, 6.45) is 0. The van der Waals surface area contributed by atoms with E-state index in [1.165, 1.54) is 0 Å². The average molecular weight is 258 g/mol. The summed E-state index contributed by atoms with van der Waals surface area (Å²) in [7, 11) is 0. The normalized spacial score (nSPS) is 10.5. The van der Waals surface area contributed by atoms with Crippen molar-refractivity contribution in [2.45, 2.75) is 5.60 Å². The first kappa shape index (κ1) is 14.5. The van der Waals surface area contributed by atoms with Gasteiger partial charge in [0, 0.05) is 0 Å². The smallest absolute Gasteiger partial charge is 0.345 e. The van der Waals surface area contributed by atoms with Crippen molar-refractivity contribution in [3.8, 4) is 0 Å². The molecule has 0 saturated carbocycles. The second kappa shape index (κ2) is 5.83. The highest BCUT2D eigenvalue weighted by Gasteiger charge is 2.39. The van der Waals surface area contributed by atoms with Gasteiger partial charge in [-0.1, -0.05) is 60.7 Å². The van der Waals surface area contributed by atoms with E-state index < -0.39 is 11.6 Å². The van der Waals surface area contributed by atoms with E-state index in [4.69, 9.17) is 0 Å². The highest BCUT2D eigenvalue weighted by Crippen LogP contribution is 2.29. The van der Waals surface area contributed by atoms with Crippen LogP contribution in [0.2, 0.25) is 0 Å². The molecule has 18 heavy (non-hydrogen) atoms. The number of carboxylic acid groups (broad SMARTS) is 1. The van der Waals surface area contributed by atoms with Gasteiger partial charge in [-0.05, 0) is 11.1 Å². The lowest BCUT2D eigenvalue weighted by molar-refractivity contribution is -0.155. The number of carboxylic acids is 1. The minimum atomic E-state index is -2.00. The van der Waals surface area contributed by atoms with Crippen LogP contribution in [0.1, 0.15) is 11.1 Å². The van der Waals surface area contributed by atoms with Crippen molar-refractivity contribution >= 4 is 23.3 Å². The van der Waals surface area contributed by atoms with Crippen LogP contribution in [0.4, 0.5) is 0 Å². The van der Waals surface area contributed by atoms with Gasteiger partial charge in [-0.2, -0.15) is 0 Å². The Bertz CT molecular complexity index is 472. The number of hydrogen-bond acceptors (Lipinski definition) is 2. The summed E-state index contributed by atoms with van der Waals surface area (Å²) in [4.78, 5) is 11.4. The maximum Gasteiger partial charge on any atom is 0.345 e. The molecule has 0 atom stereocenters. The fourth-order valence-corrected chi connectivity index (χ4v) is 1.77. The summed E-state index contributed by atoms with van der Waals surface area (Å²) >= 11 is 0. The molecule has 0 bridgehead atoms. The lowest BCUT2D eigenvalue weighted by Gasteiger charge is -2.24. The van der Waals surface area contributed by atoms with E-state index in [9.17, 15) is 15.0 Å². The number of benzene rings is 2. The summed E-state index contributed by atoms with van der Waals surface area (Å²) in [5, 5.41) is 19.7. The molecule has 0 amide bonds. The quantitative estimate of drug-likeness (QED) is 0.801. The predicted octanol–water partition coefficient (Wildman–Crippen LogP) is 0.823. The second-order valence-corrected chi connectivity index (χ2v) is 3.75. The Hall–Kier alpha value is -1.60. The molecule has 2 N–H and O–H groups in total. The topological polar surface area (TPSA) is 57.5 Å². The largest absolute Gasteiger partial charge is 0.479 e. The molecule has 0 fully saturated rings. The van der Waals surface area contributed by atoms with Crippen LogP contribution in [0, 0.1) is 0 Å². The predicted molar refractivity (Wildman–Crippen MR) is 73.5 cm³/mol. The van der Waals surface area contributed by atoms with Gasteiger partial charge in [0.05, 0.1) is 0 Å². The van der Waals surface area contributed by atoms with Crippen LogP contribution in [0.25, 0.3) is 0 Å². The first-order valence-corrected chi connectivity index (χ1v) is 5.22. The van der Waals surface area contributed by atoms with Gasteiger partial charge in [0.1, 0.15) is 0 Å². The molecular formula is C14H15AlO3. The molecule has 4 heteroatoms. The van der Waals surface area contributed by atoms with Crippen LogP contribution >= 0.6 is 0 Å². The highest BCUT2D eigenvalue weighted by atomic mass is 27.0. The van der Waals surface area contributed by atoms with Crippen molar-refractivity contribution in [2.75, 3.05) is 0 Å². The zero-order chi connectivity index (χ0) is 12.3. The van der Waals surface area contributed by atoms with Gasteiger partial charge >= 0.3 is 5.97 Å². The van der Waals surface area contributed by atoms with Gasteiger partial charge in [-0.25, -0.2) is 4.79 Å². The van der Waals surface area contributed by atoms with E-state index in [0.717, 1.165) is 0 Å². The number of rotatable bonds is 3. The molecule has 0 aliphatic heterocycles. The van der Waals surface area contributed by atoms with E-state index in [2.05, 4.69) is 0 Å². The van der Waals surface area contributed by atoms with E-state index in [-0.39, 0.29) is 17.4 Å². The minimum Gasteiger partial charge on any atom is -0.479 e. The molecule has 0 aliphatic rings. The van der Waals surface area contributed by atoms with Crippen molar-refractivity contribution in [3.63, 3.8) is 0 Å². The molecule has 0 saturated heterocycles. The van der Waals surface area contributed by atoms with Crippen molar-refractivity contribution in [3.05, 3.63) is 71.8 Å².